The van der Waals surface area contributed by atoms with Crippen LogP contribution in [0.3, 0.4) is 0 Å². The second kappa shape index (κ2) is 9.72. The van der Waals surface area contributed by atoms with E-state index < -0.39 is 0 Å². The number of carbonyl (C=O) groups excluding carboxylic acids is 2. The summed E-state index contributed by atoms with van der Waals surface area (Å²) in [5.41, 5.74) is 3.11. The van der Waals surface area contributed by atoms with Crippen molar-refractivity contribution in [2.45, 2.75) is 26.2 Å². The van der Waals surface area contributed by atoms with Gasteiger partial charge in [-0.1, -0.05) is 78.6 Å². The maximum absolute atomic E-state index is 12.7. The molecule has 1 aromatic heterocycles. The van der Waals surface area contributed by atoms with Crippen LogP contribution in [0, 0.1) is 0 Å². The van der Waals surface area contributed by atoms with E-state index in [9.17, 15) is 9.59 Å². The highest BCUT2D eigenvalue weighted by atomic mass is 32.2. The number of thiazole rings is 1. The highest BCUT2D eigenvalue weighted by Crippen LogP contribution is 2.33. The summed E-state index contributed by atoms with van der Waals surface area (Å²) in [6.07, 6.45) is 3.68. The first-order chi connectivity index (χ1) is 15.0. The van der Waals surface area contributed by atoms with Crippen molar-refractivity contribution in [3.8, 4) is 0 Å². The number of nitrogens with one attached hydrogen (secondary N) is 1. The third kappa shape index (κ3) is 5.20. The lowest BCUT2D eigenvalue weighted by Gasteiger charge is -2.13. The first kappa shape index (κ1) is 21.7. The minimum atomic E-state index is -0.115. The molecule has 2 aromatic carbocycles. The normalized spacial score (nSPS) is 15.3. The number of hydrogen-bond acceptors (Lipinski definition) is 6. The minimum Gasteiger partial charge on any atom is -0.302 e. The summed E-state index contributed by atoms with van der Waals surface area (Å²) in [5.74, 6) is -0.211. The van der Waals surface area contributed by atoms with Gasteiger partial charge in [0.25, 0.3) is 5.91 Å². The molecular weight excluding hydrogens is 446 g/mol. The van der Waals surface area contributed by atoms with Gasteiger partial charge in [-0.2, -0.15) is 0 Å². The van der Waals surface area contributed by atoms with E-state index in [1.54, 1.807) is 4.90 Å². The summed E-state index contributed by atoms with van der Waals surface area (Å²) in [6, 6.07) is 15.9. The molecule has 0 radical (unpaired) electrons. The van der Waals surface area contributed by atoms with Gasteiger partial charge in [-0.05, 0) is 42.2 Å². The molecule has 31 heavy (non-hydrogen) atoms. The summed E-state index contributed by atoms with van der Waals surface area (Å²) < 4.78 is 1.57. The molecule has 5 nitrogen and oxygen atoms in total. The molecule has 158 valence electrons. The summed E-state index contributed by atoms with van der Waals surface area (Å²) in [6.45, 7) is 2.53. The largest absolute Gasteiger partial charge is 0.302 e. The molecule has 0 bridgehead atoms. The van der Waals surface area contributed by atoms with Gasteiger partial charge in [0.15, 0.2) is 5.13 Å². The highest BCUT2D eigenvalue weighted by molar-refractivity contribution is 8.26. The number of amides is 2. The second-order valence-electron chi connectivity index (χ2n) is 7.07. The monoisotopic (exact) mass is 467 g/mol. The van der Waals surface area contributed by atoms with Gasteiger partial charge in [-0.15, -0.1) is 0 Å². The van der Waals surface area contributed by atoms with Crippen molar-refractivity contribution in [3.63, 3.8) is 0 Å². The molecule has 0 atom stereocenters. The standard InChI is InChI=1S/C23H21N3O2S3/c1-2-15-9-11-16(12-10-15)14-19-21(28)26(23(29)31-19)13-5-8-20(27)25-22-24-17-6-3-4-7-18(17)30-22/h3-4,6-7,9-12,14H,2,5,8,13H2,1H3,(H,24,25,27). The summed E-state index contributed by atoms with van der Waals surface area (Å²) >= 11 is 8.15. The Morgan fingerprint density at radius 1 is 1.19 bits per heavy atom. The van der Waals surface area contributed by atoms with Crippen LogP contribution in [0.4, 0.5) is 5.13 Å². The van der Waals surface area contributed by atoms with Gasteiger partial charge in [0.2, 0.25) is 5.91 Å². The van der Waals surface area contributed by atoms with Crippen LogP contribution in [0.25, 0.3) is 16.3 Å². The number of nitrogens with zero attached hydrogens (tertiary/aromatic N) is 2. The number of para-hydroxylation sites is 1. The van der Waals surface area contributed by atoms with Crippen molar-refractivity contribution in [1.29, 1.82) is 0 Å². The molecule has 1 saturated heterocycles. The van der Waals surface area contributed by atoms with Crippen molar-refractivity contribution in [1.82, 2.24) is 9.88 Å². The average molecular weight is 468 g/mol. The molecule has 3 aromatic rings. The molecule has 0 saturated carbocycles. The number of thioether (sulfide) groups is 1. The lowest BCUT2D eigenvalue weighted by molar-refractivity contribution is -0.122. The molecule has 2 heterocycles. The lowest BCUT2D eigenvalue weighted by atomic mass is 10.1. The zero-order chi connectivity index (χ0) is 21.8. The Labute approximate surface area is 194 Å². The Kier molecular flexibility index (Phi) is 6.80. The molecule has 1 aliphatic heterocycles. The van der Waals surface area contributed by atoms with Crippen LogP contribution < -0.4 is 5.32 Å². The number of aryl methyl sites for hydroxylation is 1. The molecule has 1 N–H and O–H groups in total. The zero-order valence-corrected chi connectivity index (χ0v) is 19.4. The van der Waals surface area contributed by atoms with Gasteiger partial charge in [0, 0.05) is 13.0 Å². The van der Waals surface area contributed by atoms with E-state index in [0.717, 1.165) is 22.2 Å². The SMILES string of the molecule is CCc1ccc(C=C2SC(=S)N(CCCC(=O)Nc3nc4ccccc4s3)C2=O)cc1. The number of carbonyl (C=O) groups is 2. The van der Waals surface area contributed by atoms with Crippen LogP contribution in [0.5, 0.6) is 0 Å². The van der Waals surface area contributed by atoms with Gasteiger partial charge in [0.1, 0.15) is 4.32 Å². The van der Waals surface area contributed by atoms with Gasteiger partial charge < -0.3 is 5.32 Å². The summed E-state index contributed by atoms with van der Waals surface area (Å²) in [7, 11) is 0. The van der Waals surface area contributed by atoms with E-state index in [0.29, 0.717) is 33.7 Å². The smallest absolute Gasteiger partial charge is 0.266 e. The van der Waals surface area contributed by atoms with Crippen molar-refractivity contribution in [3.05, 3.63) is 64.6 Å². The number of rotatable bonds is 7. The van der Waals surface area contributed by atoms with E-state index in [4.69, 9.17) is 12.2 Å². The highest BCUT2D eigenvalue weighted by Gasteiger charge is 2.31. The molecule has 0 spiro atoms. The number of anilines is 1. The maximum Gasteiger partial charge on any atom is 0.266 e. The van der Waals surface area contributed by atoms with Crippen LogP contribution in [0.1, 0.15) is 30.9 Å². The predicted molar refractivity (Wildman–Crippen MR) is 133 cm³/mol. The van der Waals surface area contributed by atoms with Gasteiger partial charge in [-0.25, -0.2) is 4.98 Å². The van der Waals surface area contributed by atoms with E-state index >= 15 is 0 Å². The Morgan fingerprint density at radius 3 is 2.71 bits per heavy atom. The van der Waals surface area contributed by atoms with Crippen molar-refractivity contribution >= 4 is 72.9 Å². The van der Waals surface area contributed by atoms with Gasteiger partial charge >= 0.3 is 0 Å². The van der Waals surface area contributed by atoms with Crippen LogP contribution in [-0.4, -0.2) is 32.6 Å². The molecule has 0 aliphatic carbocycles. The first-order valence-corrected chi connectivity index (χ1v) is 12.1. The summed E-state index contributed by atoms with van der Waals surface area (Å²) in [5, 5.41) is 3.44. The third-order valence-electron chi connectivity index (χ3n) is 4.89. The number of hydrogen-bond donors (Lipinski definition) is 1. The van der Waals surface area contributed by atoms with E-state index in [1.165, 1.54) is 28.7 Å². The Morgan fingerprint density at radius 2 is 1.97 bits per heavy atom. The molecular formula is C23H21N3O2S3. The molecule has 4 rings (SSSR count). The molecule has 0 unspecified atom stereocenters. The van der Waals surface area contributed by atoms with Crippen LogP contribution in [-0.2, 0) is 16.0 Å². The zero-order valence-electron chi connectivity index (χ0n) is 17.0. The molecule has 2 amide bonds. The van der Waals surface area contributed by atoms with Crippen LogP contribution in [0.2, 0.25) is 0 Å². The number of thiocarbonyl (C=S) groups is 1. The van der Waals surface area contributed by atoms with Crippen molar-refractivity contribution < 1.29 is 9.59 Å². The van der Waals surface area contributed by atoms with Crippen LogP contribution >= 0.6 is 35.3 Å². The molecule has 1 aliphatic rings. The number of benzene rings is 2. The van der Waals surface area contributed by atoms with Crippen LogP contribution in [0.15, 0.2) is 53.4 Å². The minimum absolute atomic E-state index is 0.0962. The Balaban J connectivity index is 1.30. The topological polar surface area (TPSA) is 62.3 Å². The van der Waals surface area contributed by atoms with Crippen molar-refractivity contribution in [2.24, 2.45) is 0 Å². The predicted octanol–water partition coefficient (Wildman–Crippen LogP) is 5.48. The average Bonchev–Trinajstić information content (AvgIpc) is 3.29. The Bertz CT molecular complexity index is 1140. The Hall–Kier alpha value is -2.55. The lowest BCUT2D eigenvalue weighted by Crippen LogP contribution is -2.29. The maximum atomic E-state index is 12.7. The molecule has 1 fully saturated rings. The number of aromatic nitrogens is 1. The fourth-order valence-corrected chi connectivity index (χ4v) is 5.39. The van der Waals surface area contributed by atoms with E-state index in [2.05, 4.69) is 29.4 Å². The first-order valence-electron chi connectivity index (χ1n) is 10.0. The van der Waals surface area contributed by atoms with Gasteiger partial charge in [-0.3, -0.25) is 14.5 Å². The quantitative estimate of drug-likeness (QED) is 0.368. The fourth-order valence-electron chi connectivity index (χ4n) is 3.20. The third-order valence-corrected chi connectivity index (χ3v) is 7.21. The number of fused-ring (bicyclic) bond motifs is 1. The molecule has 8 heteroatoms. The van der Waals surface area contributed by atoms with E-state index in [-0.39, 0.29) is 11.8 Å². The van der Waals surface area contributed by atoms with Crippen molar-refractivity contribution in [2.75, 3.05) is 11.9 Å². The fraction of sp³-hybridized carbons (Fsp3) is 0.217. The van der Waals surface area contributed by atoms with Gasteiger partial charge in [0.05, 0.1) is 15.1 Å². The summed E-state index contributed by atoms with van der Waals surface area (Å²) in [4.78, 5) is 31.6. The van der Waals surface area contributed by atoms with E-state index in [1.807, 2.05) is 42.5 Å². The second-order valence-corrected chi connectivity index (χ2v) is 9.77.